The summed E-state index contributed by atoms with van der Waals surface area (Å²) >= 11 is 0. The second-order valence-electron chi connectivity index (χ2n) is 4.67. The minimum absolute atomic E-state index is 0.180. The predicted octanol–water partition coefficient (Wildman–Crippen LogP) is 0.561. The Balaban J connectivity index is 3.86. The maximum atomic E-state index is 11.5. The number of rotatable bonds is 6. The summed E-state index contributed by atoms with van der Waals surface area (Å²) in [6, 6.07) is 0. The van der Waals surface area contributed by atoms with Crippen LogP contribution in [0.5, 0.6) is 0 Å². The Morgan fingerprint density at radius 2 is 1.71 bits per heavy atom. The van der Waals surface area contributed by atoms with Gasteiger partial charge in [0.25, 0.3) is 0 Å². The Labute approximate surface area is 87.5 Å². The van der Waals surface area contributed by atoms with Crippen LogP contribution in [0.15, 0.2) is 0 Å². The van der Waals surface area contributed by atoms with Crippen molar-refractivity contribution < 1.29 is 8.42 Å². The van der Waals surface area contributed by atoms with Crippen molar-refractivity contribution in [2.24, 2.45) is 5.41 Å². The third kappa shape index (κ3) is 8.47. The second kappa shape index (κ2) is 5.68. The molecule has 0 fully saturated rings. The molecule has 0 amide bonds. The molecule has 0 rings (SSSR count). The van der Waals surface area contributed by atoms with Gasteiger partial charge in [0.1, 0.15) is 0 Å². The number of hydrogen-bond donors (Lipinski definition) is 2. The van der Waals surface area contributed by atoms with Gasteiger partial charge in [0, 0.05) is 6.54 Å². The first-order valence-electron chi connectivity index (χ1n) is 4.89. The van der Waals surface area contributed by atoms with Crippen molar-refractivity contribution in [3.05, 3.63) is 0 Å². The van der Waals surface area contributed by atoms with Gasteiger partial charge in [0.15, 0.2) is 0 Å². The van der Waals surface area contributed by atoms with E-state index in [2.05, 4.69) is 10.0 Å². The van der Waals surface area contributed by atoms with Crippen LogP contribution in [-0.4, -0.2) is 34.3 Å². The van der Waals surface area contributed by atoms with Gasteiger partial charge in [-0.2, -0.15) is 0 Å². The van der Waals surface area contributed by atoms with Crippen LogP contribution in [0.25, 0.3) is 0 Å². The van der Waals surface area contributed by atoms with Gasteiger partial charge in [-0.25, -0.2) is 13.1 Å². The standard InChI is InChI=1S/C9H22N2O2S/c1-9(2,3)8-14(12,13)11-7-5-6-10-4/h10-11H,5-8H2,1-4H3. The van der Waals surface area contributed by atoms with Crippen LogP contribution in [-0.2, 0) is 10.0 Å². The minimum atomic E-state index is -3.10. The highest BCUT2D eigenvalue weighted by Gasteiger charge is 2.20. The van der Waals surface area contributed by atoms with E-state index < -0.39 is 10.0 Å². The van der Waals surface area contributed by atoms with E-state index in [1.54, 1.807) is 0 Å². The van der Waals surface area contributed by atoms with Gasteiger partial charge in [-0.05, 0) is 25.4 Å². The third-order valence-corrected chi connectivity index (χ3v) is 3.44. The zero-order chi connectivity index (χ0) is 11.2. The lowest BCUT2D eigenvalue weighted by Gasteiger charge is -2.18. The van der Waals surface area contributed by atoms with Crippen molar-refractivity contribution >= 4 is 10.0 Å². The van der Waals surface area contributed by atoms with Crippen LogP contribution in [0.1, 0.15) is 27.2 Å². The van der Waals surface area contributed by atoms with E-state index in [-0.39, 0.29) is 11.2 Å². The van der Waals surface area contributed by atoms with E-state index in [9.17, 15) is 8.42 Å². The van der Waals surface area contributed by atoms with Crippen LogP contribution in [0.3, 0.4) is 0 Å². The lowest BCUT2D eigenvalue weighted by atomic mass is 10.0. The van der Waals surface area contributed by atoms with Crippen LogP contribution < -0.4 is 10.0 Å². The molecule has 0 aromatic heterocycles. The van der Waals surface area contributed by atoms with Gasteiger partial charge in [-0.15, -0.1) is 0 Å². The molecule has 0 saturated heterocycles. The molecule has 0 bridgehead atoms. The summed E-state index contributed by atoms with van der Waals surface area (Å²) in [7, 11) is -1.25. The largest absolute Gasteiger partial charge is 0.320 e. The average Bonchev–Trinajstić information content (AvgIpc) is 1.93. The zero-order valence-corrected chi connectivity index (χ0v) is 10.4. The van der Waals surface area contributed by atoms with E-state index in [0.717, 1.165) is 13.0 Å². The Kier molecular flexibility index (Phi) is 5.63. The molecule has 0 aliphatic carbocycles. The molecule has 0 aliphatic heterocycles. The molecule has 0 saturated carbocycles. The van der Waals surface area contributed by atoms with E-state index in [1.807, 2.05) is 27.8 Å². The summed E-state index contributed by atoms with van der Waals surface area (Å²) in [5, 5.41) is 2.97. The van der Waals surface area contributed by atoms with Gasteiger partial charge in [0.2, 0.25) is 10.0 Å². The van der Waals surface area contributed by atoms with Crippen LogP contribution in [0.4, 0.5) is 0 Å². The molecule has 0 atom stereocenters. The van der Waals surface area contributed by atoms with Gasteiger partial charge in [-0.3, -0.25) is 0 Å². The van der Waals surface area contributed by atoms with Crippen LogP contribution in [0, 0.1) is 5.41 Å². The lowest BCUT2D eigenvalue weighted by Crippen LogP contribution is -2.33. The molecule has 0 unspecified atom stereocenters. The summed E-state index contributed by atoms with van der Waals surface area (Å²) in [6.45, 7) is 7.09. The SMILES string of the molecule is CNCCCNS(=O)(=O)CC(C)(C)C. The van der Waals surface area contributed by atoms with E-state index >= 15 is 0 Å². The molecule has 0 aromatic carbocycles. The molecule has 0 spiro atoms. The molecule has 4 nitrogen and oxygen atoms in total. The Morgan fingerprint density at radius 1 is 1.14 bits per heavy atom. The highest BCUT2D eigenvalue weighted by atomic mass is 32.2. The molecular weight excluding hydrogens is 200 g/mol. The molecule has 5 heteroatoms. The molecular formula is C9H22N2O2S. The maximum absolute atomic E-state index is 11.5. The molecule has 2 N–H and O–H groups in total. The molecule has 0 heterocycles. The first-order valence-corrected chi connectivity index (χ1v) is 6.54. The first kappa shape index (κ1) is 13.9. The van der Waals surface area contributed by atoms with E-state index in [1.165, 1.54) is 0 Å². The van der Waals surface area contributed by atoms with Crippen molar-refractivity contribution in [1.29, 1.82) is 0 Å². The van der Waals surface area contributed by atoms with Crippen molar-refractivity contribution in [3.63, 3.8) is 0 Å². The first-order chi connectivity index (χ1) is 6.27. The zero-order valence-electron chi connectivity index (χ0n) is 9.55. The van der Waals surface area contributed by atoms with Gasteiger partial charge < -0.3 is 5.32 Å². The summed E-state index contributed by atoms with van der Waals surface area (Å²) in [5.41, 5.74) is -0.186. The number of hydrogen-bond acceptors (Lipinski definition) is 3. The fraction of sp³-hybridized carbons (Fsp3) is 1.00. The van der Waals surface area contributed by atoms with Gasteiger partial charge >= 0.3 is 0 Å². The van der Waals surface area contributed by atoms with Crippen molar-refractivity contribution in [1.82, 2.24) is 10.0 Å². The Hall–Kier alpha value is -0.130. The Bertz CT molecular complexity index is 242. The maximum Gasteiger partial charge on any atom is 0.212 e. The topological polar surface area (TPSA) is 58.2 Å². The summed E-state index contributed by atoms with van der Waals surface area (Å²) in [6.07, 6.45) is 0.819. The third-order valence-electron chi connectivity index (χ3n) is 1.55. The lowest BCUT2D eigenvalue weighted by molar-refractivity contribution is 0.457. The predicted molar refractivity (Wildman–Crippen MR) is 59.8 cm³/mol. The average molecular weight is 222 g/mol. The normalized spacial score (nSPS) is 13.1. The summed E-state index contributed by atoms with van der Waals surface area (Å²) in [5.74, 6) is 0.180. The van der Waals surface area contributed by atoms with Gasteiger partial charge in [0.05, 0.1) is 5.75 Å². The van der Waals surface area contributed by atoms with Crippen molar-refractivity contribution in [3.8, 4) is 0 Å². The number of sulfonamides is 1. The molecule has 0 aliphatic rings. The molecule has 0 aromatic rings. The summed E-state index contributed by atoms with van der Waals surface area (Å²) < 4.78 is 25.5. The second-order valence-corrected chi connectivity index (χ2v) is 6.48. The monoisotopic (exact) mass is 222 g/mol. The van der Waals surface area contributed by atoms with Crippen molar-refractivity contribution in [2.45, 2.75) is 27.2 Å². The van der Waals surface area contributed by atoms with Crippen LogP contribution >= 0.6 is 0 Å². The van der Waals surface area contributed by atoms with E-state index in [4.69, 9.17) is 0 Å². The van der Waals surface area contributed by atoms with Crippen LogP contribution in [0.2, 0.25) is 0 Å². The fourth-order valence-electron chi connectivity index (χ4n) is 1.11. The summed E-state index contributed by atoms with van der Waals surface area (Å²) in [4.78, 5) is 0. The van der Waals surface area contributed by atoms with Gasteiger partial charge in [-0.1, -0.05) is 20.8 Å². The minimum Gasteiger partial charge on any atom is -0.320 e. The highest BCUT2D eigenvalue weighted by Crippen LogP contribution is 2.14. The number of nitrogens with one attached hydrogen (secondary N) is 2. The van der Waals surface area contributed by atoms with E-state index in [0.29, 0.717) is 6.54 Å². The van der Waals surface area contributed by atoms with Crippen molar-refractivity contribution in [2.75, 3.05) is 25.9 Å². The quantitative estimate of drug-likeness (QED) is 0.646. The molecule has 14 heavy (non-hydrogen) atoms. The smallest absolute Gasteiger partial charge is 0.212 e. The fourth-order valence-corrected chi connectivity index (χ4v) is 2.81. The Morgan fingerprint density at radius 3 is 2.14 bits per heavy atom. The molecule has 0 radical (unpaired) electrons. The molecule has 86 valence electrons. The highest BCUT2D eigenvalue weighted by molar-refractivity contribution is 7.89.